The molecule has 0 aliphatic carbocycles. The summed E-state index contributed by atoms with van der Waals surface area (Å²) in [5.41, 5.74) is 4.44. The highest BCUT2D eigenvalue weighted by Gasteiger charge is 2.43. The van der Waals surface area contributed by atoms with Gasteiger partial charge in [-0.3, -0.25) is 4.79 Å². The Morgan fingerprint density at radius 1 is 1.22 bits per heavy atom. The zero-order valence-electron chi connectivity index (χ0n) is 15.5. The van der Waals surface area contributed by atoms with Gasteiger partial charge in [0.2, 0.25) is 0 Å². The number of primary amides is 1. The van der Waals surface area contributed by atoms with E-state index in [0.29, 0.717) is 11.4 Å². The summed E-state index contributed by atoms with van der Waals surface area (Å²) >= 11 is 1.21. The van der Waals surface area contributed by atoms with Crippen molar-refractivity contribution in [2.24, 2.45) is 5.73 Å². The Hall–Kier alpha value is -2.06. The second-order valence-electron chi connectivity index (χ2n) is 7.70. The van der Waals surface area contributed by atoms with Gasteiger partial charge in [0, 0.05) is 11.3 Å². The molecule has 1 aromatic heterocycles. The highest BCUT2D eigenvalue weighted by molar-refractivity contribution is 7.17. The summed E-state index contributed by atoms with van der Waals surface area (Å²) in [6.45, 7) is 7.57. The minimum atomic E-state index is -4.52. The molecule has 0 saturated carbocycles. The Labute approximate surface area is 159 Å². The number of alkyl halides is 3. The van der Waals surface area contributed by atoms with Crippen LogP contribution in [0.15, 0.2) is 24.3 Å². The minimum absolute atomic E-state index is 0.121. The van der Waals surface area contributed by atoms with Crippen molar-refractivity contribution in [3.05, 3.63) is 45.8 Å². The molecule has 0 atom stereocenters. The Morgan fingerprint density at radius 2 is 1.85 bits per heavy atom. The molecular weight excluding hydrogens is 377 g/mol. The third-order valence-corrected chi connectivity index (χ3v) is 5.87. The van der Waals surface area contributed by atoms with Crippen LogP contribution in [0.25, 0.3) is 0 Å². The molecule has 4 nitrogen and oxygen atoms in total. The van der Waals surface area contributed by atoms with Crippen molar-refractivity contribution in [2.45, 2.75) is 51.5 Å². The summed E-state index contributed by atoms with van der Waals surface area (Å²) in [5, 5.41) is 3.10. The molecule has 0 bridgehead atoms. The van der Waals surface area contributed by atoms with Gasteiger partial charge in [0.1, 0.15) is 5.00 Å². The van der Waals surface area contributed by atoms with Gasteiger partial charge < -0.3 is 15.8 Å². The molecule has 3 N–H and O–H groups in total. The van der Waals surface area contributed by atoms with Crippen molar-refractivity contribution in [3.63, 3.8) is 0 Å². The monoisotopic (exact) mass is 398 g/mol. The smallest absolute Gasteiger partial charge is 0.365 e. The van der Waals surface area contributed by atoms with Crippen LogP contribution in [-0.4, -0.2) is 11.5 Å². The number of anilines is 2. The third kappa shape index (κ3) is 3.68. The van der Waals surface area contributed by atoms with Crippen LogP contribution in [0.1, 0.15) is 54.1 Å². The first-order valence-corrected chi connectivity index (χ1v) is 9.23. The maximum absolute atomic E-state index is 13.3. The topological polar surface area (TPSA) is 64.3 Å². The van der Waals surface area contributed by atoms with Crippen LogP contribution >= 0.6 is 11.3 Å². The van der Waals surface area contributed by atoms with E-state index in [2.05, 4.69) is 5.32 Å². The van der Waals surface area contributed by atoms with E-state index in [1.54, 1.807) is 0 Å². The first kappa shape index (κ1) is 19.7. The summed E-state index contributed by atoms with van der Waals surface area (Å²) in [7, 11) is 0. The van der Waals surface area contributed by atoms with Gasteiger partial charge in [-0.1, -0.05) is 12.1 Å². The molecular formula is C19H21F3N2O2S. The summed E-state index contributed by atoms with van der Waals surface area (Å²) in [4.78, 5) is 13.0. The van der Waals surface area contributed by atoms with Gasteiger partial charge in [-0.25, -0.2) is 0 Å². The van der Waals surface area contributed by atoms with Crippen LogP contribution in [-0.2, 0) is 22.9 Å². The lowest BCUT2D eigenvalue weighted by Crippen LogP contribution is -2.42. The molecule has 1 aliphatic rings. The van der Waals surface area contributed by atoms with Gasteiger partial charge in [-0.15, -0.1) is 11.3 Å². The summed E-state index contributed by atoms with van der Waals surface area (Å²) in [5.74, 6) is -0.673. The van der Waals surface area contributed by atoms with E-state index >= 15 is 0 Å². The first-order valence-electron chi connectivity index (χ1n) is 8.41. The van der Waals surface area contributed by atoms with Gasteiger partial charge in [-0.2, -0.15) is 13.2 Å². The first-order chi connectivity index (χ1) is 12.3. The van der Waals surface area contributed by atoms with Crippen LogP contribution in [0.5, 0.6) is 0 Å². The van der Waals surface area contributed by atoms with Gasteiger partial charge in [-0.05, 0) is 45.4 Å². The van der Waals surface area contributed by atoms with Crippen LogP contribution in [0.4, 0.5) is 23.9 Å². The number of thiophene rings is 1. The number of rotatable bonds is 3. The van der Waals surface area contributed by atoms with E-state index in [-0.39, 0.29) is 11.3 Å². The fraction of sp³-hybridized carbons (Fsp3) is 0.421. The second-order valence-corrected chi connectivity index (χ2v) is 8.72. The number of amides is 1. The maximum Gasteiger partial charge on any atom is 0.418 e. The van der Waals surface area contributed by atoms with E-state index in [4.69, 9.17) is 10.5 Å². The summed E-state index contributed by atoms with van der Waals surface area (Å²) < 4.78 is 46.1. The van der Waals surface area contributed by atoms with Crippen LogP contribution < -0.4 is 11.1 Å². The average Bonchev–Trinajstić information content (AvgIpc) is 2.83. The van der Waals surface area contributed by atoms with Crippen LogP contribution in [0, 0.1) is 0 Å². The maximum atomic E-state index is 13.3. The van der Waals surface area contributed by atoms with Crippen LogP contribution in [0.2, 0.25) is 0 Å². The zero-order chi connectivity index (χ0) is 20.2. The van der Waals surface area contributed by atoms with Gasteiger partial charge in [0.25, 0.3) is 5.91 Å². The lowest BCUT2D eigenvalue weighted by molar-refractivity contribution is -0.137. The number of para-hydroxylation sites is 1. The quantitative estimate of drug-likeness (QED) is 0.747. The molecule has 8 heteroatoms. The van der Waals surface area contributed by atoms with E-state index < -0.39 is 28.8 Å². The van der Waals surface area contributed by atoms with Gasteiger partial charge in [0.05, 0.1) is 28.0 Å². The lowest BCUT2D eigenvalue weighted by atomic mass is 9.86. The van der Waals surface area contributed by atoms with Crippen molar-refractivity contribution >= 4 is 27.9 Å². The standard InChI is InChI=1S/C19H21F3N2O2S/c1-17(2)9-10-13(15(23)25)16(27-14(10)18(3,4)26-17)24-12-8-6-5-7-11(12)19(20,21)22/h5-8,24H,9H2,1-4H3,(H2,23,25). The number of ether oxygens (including phenoxy) is 1. The lowest BCUT2D eigenvalue weighted by Gasteiger charge is -2.41. The van der Waals surface area contributed by atoms with Crippen molar-refractivity contribution in [2.75, 3.05) is 5.32 Å². The molecule has 0 radical (unpaired) electrons. The normalized spacial score (nSPS) is 18.0. The highest BCUT2D eigenvalue weighted by atomic mass is 32.1. The molecule has 1 aliphatic heterocycles. The fourth-order valence-corrected chi connectivity index (χ4v) is 4.91. The average molecular weight is 398 g/mol. The molecule has 1 aromatic carbocycles. The Balaban J connectivity index is 2.15. The number of halogens is 3. The largest absolute Gasteiger partial charge is 0.418 e. The molecule has 0 fully saturated rings. The third-order valence-electron chi connectivity index (χ3n) is 4.41. The van der Waals surface area contributed by atoms with Crippen LogP contribution in [0.3, 0.4) is 0 Å². The second kappa shape index (κ2) is 6.24. The molecule has 146 valence electrons. The van der Waals surface area contributed by atoms with E-state index in [0.717, 1.165) is 16.5 Å². The van der Waals surface area contributed by atoms with Crippen molar-refractivity contribution in [3.8, 4) is 0 Å². The van der Waals surface area contributed by atoms with Crippen molar-refractivity contribution in [1.29, 1.82) is 0 Å². The predicted octanol–water partition coefficient (Wildman–Crippen LogP) is 5.20. The van der Waals surface area contributed by atoms with E-state index in [9.17, 15) is 18.0 Å². The van der Waals surface area contributed by atoms with E-state index in [1.807, 2.05) is 27.7 Å². The Morgan fingerprint density at radius 3 is 2.44 bits per heavy atom. The van der Waals surface area contributed by atoms with E-state index in [1.165, 1.54) is 29.5 Å². The Kier molecular flexibility index (Phi) is 4.55. The number of hydrogen-bond donors (Lipinski definition) is 2. The number of hydrogen-bond acceptors (Lipinski definition) is 4. The minimum Gasteiger partial charge on any atom is -0.365 e. The molecule has 1 amide bonds. The fourth-order valence-electron chi connectivity index (χ4n) is 3.63. The number of nitrogens with one attached hydrogen (secondary N) is 1. The van der Waals surface area contributed by atoms with Gasteiger partial charge in [0.15, 0.2) is 0 Å². The number of fused-ring (bicyclic) bond motifs is 1. The summed E-state index contributed by atoms with van der Waals surface area (Å²) in [6.07, 6.45) is -4.07. The zero-order valence-corrected chi connectivity index (χ0v) is 16.3. The highest BCUT2D eigenvalue weighted by Crippen LogP contribution is 2.49. The molecule has 0 saturated heterocycles. The van der Waals surface area contributed by atoms with Crippen molar-refractivity contribution < 1.29 is 22.7 Å². The number of nitrogens with two attached hydrogens (primary N) is 1. The molecule has 2 heterocycles. The molecule has 3 rings (SSSR count). The summed E-state index contributed by atoms with van der Waals surface area (Å²) in [6, 6.07) is 5.15. The SMILES string of the molecule is CC1(C)Cc2c(sc(Nc3ccccc3C(F)(F)F)c2C(N)=O)C(C)(C)O1. The molecule has 27 heavy (non-hydrogen) atoms. The van der Waals surface area contributed by atoms with Gasteiger partial charge >= 0.3 is 6.18 Å². The Bertz CT molecular complexity index is 901. The van der Waals surface area contributed by atoms with Crippen molar-refractivity contribution in [1.82, 2.24) is 0 Å². The predicted molar refractivity (Wildman–Crippen MR) is 99.5 cm³/mol. The molecule has 2 aromatic rings. The molecule has 0 spiro atoms. The number of carbonyl (C=O) groups excluding carboxylic acids is 1. The number of benzene rings is 1. The number of carbonyl (C=O) groups is 1. The molecule has 0 unspecified atom stereocenters.